The van der Waals surface area contributed by atoms with Crippen molar-refractivity contribution in [1.29, 1.82) is 0 Å². The number of anilines is 1. The van der Waals surface area contributed by atoms with Crippen LogP contribution in [0.2, 0.25) is 0 Å². The van der Waals surface area contributed by atoms with Crippen LogP contribution in [0.1, 0.15) is 49.0 Å². The van der Waals surface area contributed by atoms with E-state index in [1.54, 1.807) is 6.07 Å². The number of benzene rings is 1. The van der Waals surface area contributed by atoms with E-state index in [-0.39, 0.29) is 5.78 Å². The zero-order valence-electron chi connectivity index (χ0n) is 10.4. The SMILES string of the molecule is Cc1ccc(C(=O)CCCC(C)C)cc1N. The highest BCUT2D eigenvalue weighted by Crippen LogP contribution is 2.16. The van der Waals surface area contributed by atoms with Gasteiger partial charge in [0.05, 0.1) is 0 Å². The van der Waals surface area contributed by atoms with Crippen molar-refractivity contribution < 1.29 is 4.79 Å². The van der Waals surface area contributed by atoms with Crippen LogP contribution in [-0.4, -0.2) is 5.78 Å². The fourth-order valence-electron chi connectivity index (χ4n) is 1.63. The minimum atomic E-state index is 0.201. The molecule has 0 aliphatic heterocycles. The topological polar surface area (TPSA) is 43.1 Å². The Kier molecular flexibility index (Phi) is 4.53. The van der Waals surface area contributed by atoms with Crippen molar-refractivity contribution in [3.63, 3.8) is 0 Å². The van der Waals surface area contributed by atoms with Crippen LogP contribution < -0.4 is 5.73 Å². The molecule has 2 N–H and O–H groups in total. The Labute approximate surface area is 97.9 Å². The first kappa shape index (κ1) is 12.8. The molecular formula is C14H21NO. The second-order valence-corrected chi connectivity index (χ2v) is 4.78. The van der Waals surface area contributed by atoms with Crippen molar-refractivity contribution in [2.45, 2.75) is 40.0 Å². The van der Waals surface area contributed by atoms with Gasteiger partial charge >= 0.3 is 0 Å². The summed E-state index contributed by atoms with van der Waals surface area (Å²) in [5.41, 5.74) is 8.26. The highest BCUT2D eigenvalue weighted by atomic mass is 16.1. The van der Waals surface area contributed by atoms with Crippen LogP contribution in [0, 0.1) is 12.8 Å². The smallest absolute Gasteiger partial charge is 0.162 e. The maximum absolute atomic E-state index is 11.8. The Hall–Kier alpha value is -1.31. The van der Waals surface area contributed by atoms with E-state index in [1.165, 1.54) is 0 Å². The third kappa shape index (κ3) is 3.69. The molecule has 0 unspecified atom stereocenters. The molecule has 1 aromatic carbocycles. The van der Waals surface area contributed by atoms with E-state index in [9.17, 15) is 4.79 Å². The van der Waals surface area contributed by atoms with Gasteiger partial charge in [-0.3, -0.25) is 4.79 Å². The van der Waals surface area contributed by atoms with Crippen LogP contribution in [0.5, 0.6) is 0 Å². The van der Waals surface area contributed by atoms with E-state index in [1.807, 2.05) is 19.1 Å². The van der Waals surface area contributed by atoms with E-state index >= 15 is 0 Å². The Balaban J connectivity index is 2.56. The predicted octanol–water partition coefficient (Wildman–Crippen LogP) is 3.59. The van der Waals surface area contributed by atoms with Crippen LogP contribution in [0.15, 0.2) is 18.2 Å². The summed E-state index contributed by atoms with van der Waals surface area (Å²) in [6.07, 6.45) is 2.69. The second-order valence-electron chi connectivity index (χ2n) is 4.78. The molecule has 0 saturated carbocycles. The van der Waals surface area contributed by atoms with Crippen molar-refractivity contribution in [3.8, 4) is 0 Å². The summed E-state index contributed by atoms with van der Waals surface area (Å²) in [4.78, 5) is 11.8. The van der Waals surface area contributed by atoms with Crippen LogP contribution in [0.3, 0.4) is 0 Å². The summed E-state index contributed by atoms with van der Waals surface area (Å²) in [6.45, 7) is 6.30. The maximum Gasteiger partial charge on any atom is 0.162 e. The van der Waals surface area contributed by atoms with Gasteiger partial charge in [-0.25, -0.2) is 0 Å². The van der Waals surface area contributed by atoms with E-state index < -0.39 is 0 Å². The molecule has 16 heavy (non-hydrogen) atoms. The first-order chi connectivity index (χ1) is 7.50. The number of carbonyl (C=O) groups is 1. The van der Waals surface area contributed by atoms with E-state index in [0.29, 0.717) is 18.0 Å². The number of rotatable bonds is 5. The zero-order valence-corrected chi connectivity index (χ0v) is 10.4. The number of carbonyl (C=O) groups excluding carboxylic acids is 1. The van der Waals surface area contributed by atoms with Gasteiger partial charge in [-0.2, -0.15) is 0 Å². The van der Waals surface area contributed by atoms with E-state index in [4.69, 9.17) is 5.73 Å². The Morgan fingerprint density at radius 3 is 2.62 bits per heavy atom. The lowest BCUT2D eigenvalue weighted by Crippen LogP contribution is -2.02. The summed E-state index contributed by atoms with van der Waals surface area (Å²) in [6, 6.07) is 5.56. The van der Waals surface area contributed by atoms with Crippen molar-refractivity contribution >= 4 is 11.5 Å². The molecule has 0 heterocycles. The number of ketones is 1. The highest BCUT2D eigenvalue weighted by molar-refractivity contribution is 5.96. The summed E-state index contributed by atoms with van der Waals surface area (Å²) < 4.78 is 0. The molecule has 0 fully saturated rings. The molecule has 2 nitrogen and oxygen atoms in total. The summed E-state index contributed by atoms with van der Waals surface area (Å²) in [5, 5.41) is 0. The Morgan fingerprint density at radius 2 is 2.06 bits per heavy atom. The van der Waals surface area contributed by atoms with Crippen molar-refractivity contribution in [2.75, 3.05) is 5.73 Å². The lowest BCUT2D eigenvalue weighted by Gasteiger charge is -2.06. The van der Waals surface area contributed by atoms with Crippen LogP contribution in [0.25, 0.3) is 0 Å². The number of hydrogen-bond acceptors (Lipinski definition) is 2. The lowest BCUT2D eigenvalue weighted by molar-refractivity contribution is 0.0978. The standard InChI is InChI=1S/C14H21NO/c1-10(2)5-4-6-14(16)12-8-7-11(3)13(15)9-12/h7-10H,4-6,15H2,1-3H3. The third-order valence-corrected chi connectivity index (χ3v) is 2.79. The minimum absolute atomic E-state index is 0.201. The lowest BCUT2D eigenvalue weighted by atomic mass is 10.00. The van der Waals surface area contributed by atoms with Crippen LogP contribution in [-0.2, 0) is 0 Å². The molecule has 0 aliphatic rings. The molecule has 88 valence electrons. The molecule has 0 bridgehead atoms. The molecular weight excluding hydrogens is 198 g/mol. The summed E-state index contributed by atoms with van der Waals surface area (Å²) in [5.74, 6) is 0.864. The molecule has 1 aromatic rings. The van der Waals surface area contributed by atoms with E-state index in [0.717, 1.165) is 24.0 Å². The quantitative estimate of drug-likeness (QED) is 0.607. The molecule has 2 heteroatoms. The Morgan fingerprint density at radius 1 is 1.38 bits per heavy atom. The summed E-state index contributed by atoms with van der Waals surface area (Å²) in [7, 11) is 0. The molecule has 1 rings (SSSR count). The predicted molar refractivity (Wildman–Crippen MR) is 68.6 cm³/mol. The zero-order chi connectivity index (χ0) is 12.1. The average molecular weight is 219 g/mol. The van der Waals surface area contributed by atoms with Gasteiger partial charge in [0.2, 0.25) is 0 Å². The van der Waals surface area contributed by atoms with Crippen molar-refractivity contribution in [3.05, 3.63) is 29.3 Å². The van der Waals surface area contributed by atoms with Crippen LogP contribution in [0.4, 0.5) is 5.69 Å². The largest absolute Gasteiger partial charge is 0.398 e. The van der Waals surface area contributed by atoms with Gasteiger partial charge in [-0.1, -0.05) is 32.4 Å². The second kappa shape index (κ2) is 5.69. The molecule has 0 aliphatic carbocycles. The highest BCUT2D eigenvalue weighted by Gasteiger charge is 2.07. The number of nitrogen functional groups attached to an aromatic ring is 1. The molecule has 0 saturated heterocycles. The van der Waals surface area contributed by atoms with Gasteiger partial charge in [0, 0.05) is 17.7 Å². The van der Waals surface area contributed by atoms with Gasteiger partial charge in [0.25, 0.3) is 0 Å². The van der Waals surface area contributed by atoms with Gasteiger partial charge in [0.1, 0.15) is 0 Å². The van der Waals surface area contributed by atoms with Gasteiger partial charge < -0.3 is 5.73 Å². The number of aryl methyl sites for hydroxylation is 1. The number of nitrogens with two attached hydrogens (primary N) is 1. The molecule has 0 spiro atoms. The average Bonchev–Trinajstić information content (AvgIpc) is 2.21. The molecule has 0 aromatic heterocycles. The molecule has 0 amide bonds. The third-order valence-electron chi connectivity index (χ3n) is 2.79. The molecule has 0 radical (unpaired) electrons. The van der Waals surface area contributed by atoms with Gasteiger partial charge in [0.15, 0.2) is 5.78 Å². The summed E-state index contributed by atoms with van der Waals surface area (Å²) >= 11 is 0. The fourth-order valence-corrected chi connectivity index (χ4v) is 1.63. The van der Waals surface area contributed by atoms with Crippen LogP contribution >= 0.6 is 0 Å². The normalized spacial score (nSPS) is 10.8. The van der Waals surface area contributed by atoms with Crippen molar-refractivity contribution in [2.24, 2.45) is 5.92 Å². The minimum Gasteiger partial charge on any atom is -0.398 e. The fraction of sp³-hybridized carbons (Fsp3) is 0.500. The molecule has 0 atom stereocenters. The number of Topliss-reactive ketones (excluding diaryl/α,β-unsaturated/α-hetero) is 1. The first-order valence-corrected chi connectivity index (χ1v) is 5.90. The van der Waals surface area contributed by atoms with Gasteiger partial charge in [-0.05, 0) is 30.9 Å². The van der Waals surface area contributed by atoms with Gasteiger partial charge in [-0.15, -0.1) is 0 Å². The Bertz CT molecular complexity index is 369. The number of hydrogen-bond donors (Lipinski definition) is 1. The monoisotopic (exact) mass is 219 g/mol. The maximum atomic E-state index is 11.8. The first-order valence-electron chi connectivity index (χ1n) is 5.90. The van der Waals surface area contributed by atoms with E-state index in [2.05, 4.69) is 13.8 Å². The van der Waals surface area contributed by atoms with Crippen molar-refractivity contribution in [1.82, 2.24) is 0 Å².